The number of methoxy groups -OCH3 is 1. The van der Waals surface area contributed by atoms with E-state index < -0.39 is 5.97 Å². The zero-order valence-electron chi connectivity index (χ0n) is 14.3. The third-order valence-electron chi connectivity index (χ3n) is 3.42. The maximum atomic E-state index is 12.5. The van der Waals surface area contributed by atoms with Gasteiger partial charge in [0, 0.05) is 6.54 Å². The van der Waals surface area contributed by atoms with E-state index in [1.165, 1.54) is 4.90 Å². The molecule has 26 heavy (non-hydrogen) atoms. The highest BCUT2D eigenvalue weighted by atomic mass is 79.9. The maximum Gasteiger partial charge on any atom is 0.305 e. The summed E-state index contributed by atoms with van der Waals surface area (Å²) in [5, 5.41) is 8.79. The van der Waals surface area contributed by atoms with E-state index in [0.717, 1.165) is 28.2 Å². The Morgan fingerprint density at radius 1 is 1.46 bits per heavy atom. The minimum absolute atomic E-state index is 0.0636. The smallest absolute Gasteiger partial charge is 0.305 e. The van der Waals surface area contributed by atoms with Crippen molar-refractivity contribution in [3.8, 4) is 11.5 Å². The van der Waals surface area contributed by atoms with Crippen molar-refractivity contribution in [3.63, 3.8) is 0 Å². The van der Waals surface area contributed by atoms with E-state index in [0.29, 0.717) is 27.3 Å². The number of hydrogen-bond donors (Lipinski definition) is 1. The lowest BCUT2D eigenvalue weighted by atomic mass is 10.2. The van der Waals surface area contributed by atoms with Crippen LogP contribution in [0.3, 0.4) is 0 Å². The van der Waals surface area contributed by atoms with Crippen LogP contribution >= 0.6 is 39.9 Å². The largest absolute Gasteiger partial charge is 0.493 e. The van der Waals surface area contributed by atoms with Crippen LogP contribution in [-0.2, 0) is 9.59 Å². The summed E-state index contributed by atoms with van der Waals surface area (Å²) < 4.78 is 12.2. The number of nitrogens with zero attached hydrogens (tertiary/aromatic N) is 1. The molecule has 1 N–H and O–H groups in total. The third-order valence-corrected chi connectivity index (χ3v) is 5.39. The molecule has 1 heterocycles. The van der Waals surface area contributed by atoms with E-state index in [9.17, 15) is 9.59 Å². The van der Waals surface area contributed by atoms with Gasteiger partial charge in [0.05, 0.1) is 29.5 Å². The van der Waals surface area contributed by atoms with E-state index >= 15 is 0 Å². The van der Waals surface area contributed by atoms with Gasteiger partial charge in [0.2, 0.25) is 0 Å². The highest BCUT2D eigenvalue weighted by Crippen LogP contribution is 2.39. The number of benzene rings is 1. The number of halogens is 1. The number of carboxylic acid groups (broad SMARTS) is 1. The van der Waals surface area contributed by atoms with Crippen LogP contribution < -0.4 is 9.47 Å². The zero-order valence-corrected chi connectivity index (χ0v) is 17.5. The quantitative estimate of drug-likeness (QED) is 0.466. The third kappa shape index (κ3) is 4.99. The average Bonchev–Trinajstić information content (AvgIpc) is 2.85. The topological polar surface area (TPSA) is 76.1 Å². The molecule has 0 radical (unpaired) electrons. The first kappa shape index (κ1) is 20.7. The molecule has 6 nitrogen and oxygen atoms in total. The predicted molar refractivity (Wildman–Crippen MR) is 109 cm³/mol. The molecular formula is C17H18BrNO5S2. The summed E-state index contributed by atoms with van der Waals surface area (Å²) in [5.41, 5.74) is 0.747. The van der Waals surface area contributed by atoms with Crippen LogP contribution in [0.25, 0.3) is 6.08 Å². The van der Waals surface area contributed by atoms with E-state index in [4.69, 9.17) is 26.8 Å². The molecule has 9 heteroatoms. The molecule has 0 saturated carbocycles. The number of carbonyl (C=O) groups is 2. The van der Waals surface area contributed by atoms with E-state index in [1.807, 2.05) is 13.0 Å². The fraction of sp³-hybridized carbons (Fsp3) is 0.353. The van der Waals surface area contributed by atoms with Crippen LogP contribution in [0, 0.1) is 0 Å². The van der Waals surface area contributed by atoms with Gasteiger partial charge in [-0.2, -0.15) is 0 Å². The highest BCUT2D eigenvalue weighted by molar-refractivity contribution is 9.10. The number of thioether (sulfide) groups is 1. The Kier molecular flexibility index (Phi) is 7.48. The van der Waals surface area contributed by atoms with Crippen LogP contribution in [0.5, 0.6) is 11.5 Å². The molecule has 0 aromatic heterocycles. The molecule has 0 atom stereocenters. The lowest BCUT2D eigenvalue weighted by Gasteiger charge is -2.13. The van der Waals surface area contributed by atoms with Crippen molar-refractivity contribution in [2.75, 3.05) is 20.3 Å². The highest BCUT2D eigenvalue weighted by Gasteiger charge is 2.32. The van der Waals surface area contributed by atoms with Crippen molar-refractivity contribution in [3.05, 3.63) is 27.1 Å². The number of hydrogen-bond acceptors (Lipinski definition) is 6. The number of carbonyl (C=O) groups excluding carboxylic acids is 1. The maximum absolute atomic E-state index is 12.5. The molecule has 1 aromatic carbocycles. The number of ether oxygens (including phenoxy) is 2. The van der Waals surface area contributed by atoms with Gasteiger partial charge in [0.15, 0.2) is 11.5 Å². The Hall–Kier alpha value is -1.58. The molecule has 2 rings (SSSR count). The molecule has 0 bridgehead atoms. The first-order valence-electron chi connectivity index (χ1n) is 7.84. The molecule has 0 unspecified atom stereocenters. The summed E-state index contributed by atoms with van der Waals surface area (Å²) in [5.74, 6) is -0.0945. The number of amides is 1. The van der Waals surface area contributed by atoms with Crippen molar-refractivity contribution in [1.82, 2.24) is 4.90 Å². The molecule has 1 aromatic rings. The van der Waals surface area contributed by atoms with Crippen LogP contribution in [-0.4, -0.2) is 46.5 Å². The second-order valence-electron chi connectivity index (χ2n) is 5.36. The molecule has 0 aliphatic carbocycles. The minimum atomic E-state index is -0.973. The van der Waals surface area contributed by atoms with E-state index in [1.54, 1.807) is 19.3 Å². The molecule has 1 aliphatic rings. The molecule has 140 valence electrons. The molecule has 1 saturated heterocycles. The second kappa shape index (κ2) is 9.38. The fourth-order valence-electron chi connectivity index (χ4n) is 2.22. The van der Waals surface area contributed by atoms with Gasteiger partial charge in [-0.15, -0.1) is 0 Å². The standard InChI is InChI=1S/C17H18BrNO5S2/c1-3-6-24-15-11(18)7-10(8-12(15)23-2)9-13-16(22)19(17(25)26-13)5-4-14(20)21/h7-9H,3-6H2,1-2H3,(H,20,21). The molecular weight excluding hydrogens is 442 g/mol. The van der Waals surface area contributed by atoms with E-state index in [2.05, 4.69) is 15.9 Å². The summed E-state index contributed by atoms with van der Waals surface area (Å²) in [4.78, 5) is 24.9. The molecule has 1 amide bonds. The van der Waals surface area contributed by atoms with Gasteiger partial charge in [-0.25, -0.2) is 0 Å². The summed E-state index contributed by atoms with van der Waals surface area (Å²) in [7, 11) is 1.55. The number of thiocarbonyl (C=S) groups is 1. The van der Waals surface area contributed by atoms with Gasteiger partial charge in [-0.3, -0.25) is 14.5 Å². The normalized spacial score (nSPS) is 15.7. The lowest BCUT2D eigenvalue weighted by molar-refractivity contribution is -0.137. The van der Waals surface area contributed by atoms with Crippen molar-refractivity contribution < 1.29 is 24.2 Å². The van der Waals surface area contributed by atoms with Crippen LogP contribution in [0.4, 0.5) is 0 Å². The predicted octanol–water partition coefficient (Wildman–Crippen LogP) is 3.92. The molecule has 1 fully saturated rings. The number of rotatable bonds is 8. The second-order valence-corrected chi connectivity index (χ2v) is 7.89. The van der Waals surface area contributed by atoms with Crippen molar-refractivity contribution in [2.24, 2.45) is 0 Å². The van der Waals surface area contributed by atoms with Gasteiger partial charge in [0.1, 0.15) is 4.32 Å². The van der Waals surface area contributed by atoms with E-state index in [-0.39, 0.29) is 18.9 Å². The molecule has 0 spiro atoms. The fourth-order valence-corrected chi connectivity index (χ4v) is 4.10. The zero-order chi connectivity index (χ0) is 19.3. The Bertz CT molecular complexity index is 766. The van der Waals surface area contributed by atoms with Gasteiger partial charge in [0.25, 0.3) is 5.91 Å². The van der Waals surface area contributed by atoms with Crippen LogP contribution in [0.1, 0.15) is 25.3 Å². The van der Waals surface area contributed by atoms with Crippen LogP contribution in [0.15, 0.2) is 21.5 Å². The van der Waals surface area contributed by atoms with Crippen molar-refractivity contribution >= 4 is 62.2 Å². The Labute approximate surface area is 169 Å². The Morgan fingerprint density at radius 3 is 2.81 bits per heavy atom. The molecule has 1 aliphatic heterocycles. The number of carboxylic acids is 1. The summed E-state index contributed by atoms with van der Waals surface area (Å²) in [6.45, 7) is 2.64. The summed E-state index contributed by atoms with van der Waals surface area (Å²) in [6.07, 6.45) is 2.43. The SMILES string of the molecule is CCCOc1c(Br)cc(C=C2SC(=S)N(CCC(=O)O)C2=O)cc1OC. The van der Waals surface area contributed by atoms with Crippen LogP contribution in [0.2, 0.25) is 0 Å². The lowest BCUT2D eigenvalue weighted by Crippen LogP contribution is -2.30. The first-order valence-corrected chi connectivity index (χ1v) is 9.86. The van der Waals surface area contributed by atoms with Gasteiger partial charge in [-0.1, -0.05) is 30.9 Å². The minimum Gasteiger partial charge on any atom is -0.493 e. The monoisotopic (exact) mass is 459 g/mol. The Morgan fingerprint density at radius 2 is 2.19 bits per heavy atom. The first-order chi connectivity index (χ1) is 12.4. The summed E-state index contributed by atoms with van der Waals surface area (Å²) >= 11 is 9.81. The van der Waals surface area contributed by atoms with Gasteiger partial charge in [-0.05, 0) is 46.1 Å². The summed E-state index contributed by atoms with van der Waals surface area (Å²) in [6, 6.07) is 3.61. The average molecular weight is 460 g/mol. The number of aliphatic carboxylic acids is 1. The van der Waals surface area contributed by atoms with Gasteiger partial charge < -0.3 is 14.6 Å². The van der Waals surface area contributed by atoms with Gasteiger partial charge >= 0.3 is 5.97 Å². The van der Waals surface area contributed by atoms with Crippen molar-refractivity contribution in [2.45, 2.75) is 19.8 Å². The van der Waals surface area contributed by atoms with Crippen molar-refractivity contribution in [1.29, 1.82) is 0 Å². The Balaban J connectivity index is 2.26.